The van der Waals surface area contributed by atoms with E-state index in [9.17, 15) is 29.6 Å². The summed E-state index contributed by atoms with van der Waals surface area (Å²) < 4.78 is 10.4. The molecular weight excluding hydrogens is 534 g/mol. The highest BCUT2D eigenvalue weighted by atomic mass is 33.1. The lowest BCUT2D eigenvalue weighted by atomic mass is 9.87. The van der Waals surface area contributed by atoms with Crippen LogP contribution in [-0.2, 0) is 29.7 Å². The second-order valence-electron chi connectivity index (χ2n) is 9.57. The molecule has 2 rings (SSSR count). The lowest BCUT2D eigenvalue weighted by Gasteiger charge is -2.24. The minimum Gasteiger partial charge on any atom is -0.508 e. The van der Waals surface area contributed by atoms with Crippen molar-refractivity contribution >= 4 is 45.4 Å². The quantitative estimate of drug-likeness (QED) is 0.115. The fraction of sp³-hybridized carbons (Fsp3) is 0.440. The van der Waals surface area contributed by atoms with Gasteiger partial charge >= 0.3 is 17.6 Å². The van der Waals surface area contributed by atoms with Crippen molar-refractivity contribution < 1.29 is 33.3 Å². The molecule has 2 aromatic rings. The van der Waals surface area contributed by atoms with Gasteiger partial charge in [0.1, 0.15) is 29.0 Å². The Balaban J connectivity index is 1.87. The summed E-state index contributed by atoms with van der Waals surface area (Å²) in [7, 11) is 0.812. The maximum absolute atomic E-state index is 12.6. The molecule has 1 amide bonds. The second kappa shape index (κ2) is 14.6. The molecule has 2 N–H and O–H groups in total. The van der Waals surface area contributed by atoms with Gasteiger partial charge in [0, 0.05) is 35.4 Å². The van der Waals surface area contributed by atoms with E-state index >= 15 is 0 Å². The first-order valence-electron chi connectivity index (χ1n) is 11.7. The molecule has 0 aliphatic rings. The highest BCUT2D eigenvalue weighted by Gasteiger charge is 2.25. The summed E-state index contributed by atoms with van der Waals surface area (Å²) in [5, 5.41) is 23.2. The van der Waals surface area contributed by atoms with Gasteiger partial charge in [-0.05, 0) is 63.3 Å². The molecule has 0 spiro atoms. The number of hydrogen-bond donors (Lipinski definition) is 2. The Morgan fingerprint density at radius 1 is 1.16 bits per heavy atom. The Morgan fingerprint density at radius 2 is 1.84 bits per heavy atom. The van der Waals surface area contributed by atoms with Crippen molar-refractivity contribution in [2.75, 3.05) is 6.54 Å². The molecule has 38 heavy (non-hydrogen) atoms. The lowest BCUT2D eigenvalue weighted by molar-refractivity contribution is -0.388. The summed E-state index contributed by atoms with van der Waals surface area (Å²) >= 11 is 0.610. The van der Waals surface area contributed by atoms with Gasteiger partial charge in [-0.2, -0.15) is 0 Å². The SMILES string of the molecule is C[C@@H](C[C@@H](CC(=O)OC(C)(C)C)Cc1ccc(O)cc1)C(=O)NCC(=O)OSSc1ncccc1[N+](=O)[O-]. The zero-order chi connectivity index (χ0) is 28.3. The smallest absolute Gasteiger partial charge is 0.338 e. The first-order valence-corrected chi connectivity index (χ1v) is 13.8. The van der Waals surface area contributed by atoms with Crippen molar-refractivity contribution in [2.24, 2.45) is 11.8 Å². The molecule has 0 saturated heterocycles. The van der Waals surface area contributed by atoms with Crippen LogP contribution in [0.15, 0.2) is 47.6 Å². The molecule has 0 fully saturated rings. The average molecular weight is 566 g/mol. The Kier molecular flexibility index (Phi) is 11.9. The predicted molar refractivity (Wildman–Crippen MR) is 143 cm³/mol. The van der Waals surface area contributed by atoms with Crippen LogP contribution in [0.3, 0.4) is 0 Å². The maximum atomic E-state index is 12.6. The Labute approximate surface area is 228 Å². The zero-order valence-corrected chi connectivity index (χ0v) is 23.2. The molecule has 0 aliphatic carbocycles. The van der Waals surface area contributed by atoms with Crippen LogP contribution in [0.5, 0.6) is 5.75 Å². The molecule has 13 heteroatoms. The highest BCUT2D eigenvalue weighted by molar-refractivity contribution is 8.75. The van der Waals surface area contributed by atoms with Crippen LogP contribution < -0.4 is 5.32 Å². The molecule has 1 aromatic carbocycles. The molecule has 1 heterocycles. The third-order valence-corrected chi connectivity index (χ3v) is 6.74. The summed E-state index contributed by atoms with van der Waals surface area (Å²) in [6.45, 7) is 6.65. The number of nitrogens with zero attached hydrogens (tertiary/aromatic N) is 2. The minimum atomic E-state index is -0.740. The number of phenols is 1. The van der Waals surface area contributed by atoms with Crippen molar-refractivity contribution in [3.05, 3.63) is 58.3 Å². The van der Waals surface area contributed by atoms with Gasteiger partial charge in [0.2, 0.25) is 5.91 Å². The minimum absolute atomic E-state index is 0.0811. The van der Waals surface area contributed by atoms with Crippen LogP contribution in [0.4, 0.5) is 5.69 Å². The number of aromatic hydroxyl groups is 1. The number of hydrogen-bond acceptors (Lipinski definition) is 11. The number of rotatable bonds is 13. The van der Waals surface area contributed by atoms with Crippen molar-refractivity contribution in [1.29, 1.82) is 0 Å². The Hall–Kier alpha value is -3.32. The van der Waals surface area contributed by atoms with Gasteiger partial charge in [0.15, 0.2) is 5.03 Å². The van der Waals surface area contributed by atoms with Gasteiger partial charge in [-0.1, -0.05) is 19.1 Å². The van der Waals surface area contributed by atoms with E-state index in [0.29, 0.717) is 23.9 Å². The molecule has 0 saturated carbocycles. The van der Waals surface area contributed by atoms with Crippen molar-refractivity contribution in [3.8, 4) is 5.75 Å². The molecule has 0 bridgehead atoms. The number of carbonyl (C=O) groups is 3. The number of carbonyl (C=O) groups excluding carboxylic acids is 3. The maximum Gasteiger partial charge on any atom is 0.338 e. The summed E-state index contributed by atoms with van der Waals surface area (Å²) in [6, 6.07) is 9.35. The van der Waals surface area contributed by atoms with Crippen LogP contribution in [0.2, 0.25) is 0 Å². The van der Waals surface area contributed by atoms with Crippen molar-refractivity contribution in [2.45, 2.75) is 57.6 Å². The Bertz CT molecular complexity index is 1120. The van der Waals surface area contributed by atoms with Crippen molar-refractivity contribution in [3.63, 3.8) is 0 Å². The number of phenolic OH excluding ortho intramolecular Hbond substituents is 1. The number of benzene rings is 1. The zero-order valence-electron chi connectivity index (χ0n) is 21.5. The summed E-state index contributed by atoms with van der Waals surface area (Å²) in [6.07, 6.45) is 2.34. The van der Waals surface area contributed by atoms with Crippen LogP contribution >= 0.6 is 21.9 Å². The fourth-order valence-corrected chi connectivity index (χ4v) is 4.94. The summed E-state index contributed by atoms with van der Waals surface area (Å²) in [4.78, 5) is 51.5. The monoisotopic (exact) mass is 565 g/mol. The van der Waals surface area contributed by atoms with Gasteiger partial charge in [-0.25, -0.2) is 9.78 Å². The number of pyridine rings is 1. The molecule has 2 atom stereocenters. The van der Waals surface area contributed by atoms with E-state index in [1.54, 1.807) is 52.0 Å². The number of esters is 1. The molecule has 0 aliphatic heterocycles. The van der Waals surface area contributed by atoms with Crippen LogP contribution in [0.1, 0.15) is 46.1 Å². The topological polar surface area (TPSA) is 158 Å². The molecule has 0 radical (unpaired) electrons. The third-order valence-electron chi connectivity index (χ3n) is 5.07. The van der Waals surface area contributed by atoms with E-state index in [0.717, 1.165) is 16.4 Å². The van der Waals surface area contributed by atoms with Gasteiger partial charge in [-0.15, -0.1) is 0 Å². The van der Waals surface area contributed by atoms with E-state index in [1.807, 2.05) is 0 Å². The van der Waals surface area contributed by atoms with Crippen molar-refractivity contribution in [1.82, 2.24) is 10.3 Å². The average Bonchev–Trinajstić information content (AvgIpc) is 2.82. The largest absolute Gasteiger partial charge is 0.508 e. The molecule has 1 aromatic heterocycles. The third kappa shape index (κ3) is 11.4. The number of ether oxygens (including phenoxy) is 1. The number of nitro groups is 1. The van der Waals surface area contributed by atoms with Crippen LogP contribution in [-0.4, -0.2) is 45.0 Å². The summed E-state index contributed by atoms with van der Waals surface area (Å²) in [5.74, 6) is -2.11. The first-order chi connectivity index (χ1) is 17.8. The van der Waals surface area contributed by atoms with Crippen LogP contribution in [0.25, 0.3) is 0 Å². The molecule has 206 valence electrons. The molecule has 0 unspecified atom stereocenters. The predicted octanol–water partition coefficient (Wildman–Crippen LogP) is 4.63. The number of nitrogens with one attached hydrogen (secondary N) is 1. The fourth-order valence-electron chi connectivity index (χ4n) is 3.47. The van der Waals surface area contributed by atoms with Gasteiger partial charge < -0.3 is 19.3 Å². The number of aromatic nitrogens is 1. The van der Waals surface area contributed by atoms with E-state index in [2.05, 4.69) is 10.3 Å². The van der Waals surface area contributed by atoms with Crippen LogP contribution in [0, 0.1) is 22.0 Å². The van der Waals surface area contributed by atoms with E-state index in [-0.39, 0.29) is 40.7 Å². The number of amides is 1. The summed E-state index contributed by atoms with van der Waals surface area (Å²) in [5.41, 5.74) is 0.0491. The first kappa shape index (κ1) is 30.9. The van der Waals surface area contributed by atoms with E-state index in [4.69, 9.17) is 8.92 Å². The molecule has 11 nitrogen and oxygen atoms in total. The standard InChI is InChI=1S/C25H31N3O8S2/c1-16(12-18(14-21(30)35-25(2,3)4)13-17-7-9-19(29)10-8-17)23(32)27-15-22(31)36-38-37-24-20(28(33)34)6-5-11-26-24/h5-11,16,18,29H,12-15H2,1-4H3,(H,27,32)/t16-,18+/m0/s1. The van der Waals surface area contributed by atoms with Gasteiger partial charge in [0.25, 0.3) is 0 Å². The van der Waals surface area contributed by atoms with E-state index < -0.39 is 29.0 Å². The van der Waals surface area contributed by atoms with E-state index in [1.165, 1.54) is 18.3 Å². The lowest BCUT2D eigenvalue weighted by Crippen LogP contribution is -2.35. The second-order valence-corrected chi connectivity index (χ2v) is 11.3. The van der Waals surface area contributed by atoms with Gasteiger partial charge in [-0.3, -0.25) is 19.7 Å². The normalized spacial score (nSPS) is 12.7. The van der Waals surface area contributed by atoms with Gasteiger partial charge in [0.05, 0.1) is 4.92 Å². The molecular formula is C25H31N3O8S2. The Morgan fingerprint density at radius 3 is 2.47 bits per heavy atom. The highest BCUT2D eigenvalue weighted by Crippen LogP contribution is 2.35.